The zero-order valence-corrected chi connectivity index (χ0v) is 11.7. The third kappa shape index (κ3) is 4.61. The fourth-order valence-electron chi connectivity index (χ4n) is 2.24. The lowest BCUT2D eigenvalue weighted by Gasteiger charge is -2.19. The van der Waals surface area contributed by atoms with E-state index in [0.29, 0.717) is 18.5 Å². The summed E-state index contributed by atoms with van der Waals surface area (Å²) in [6.07, 6.45) is -2.50. The van der Waals surface area contributed by atoms with E-state index in [-0.39, 0.29) is 17.3 Å². The number of carbonyl (C=O) groups excluding carboxylic acids is 2. The first-order chi connectivity index (χ1) is 10.2. The molecule has 2 rings (SSSR count). The molecule has 1 aromatic carbocycles. The largest absolute Gasteiger partial charge is 0.573 e. The van der Waals surface area contributed by atoms with Gasteiger partial charge in [0.25, 0.3) is 5.91 Å². The molecule has 1 amide bonds. The van der Waals surface area contributed by atoms with Gasteiger partial charge in [-0.2, -0.15) is 0 Å². The molecule has 1 N–H and O–H groups in total. The molecule has 7 heteroatoms. The van der Waals surface area contributed by atoms with Crippen molar-refractivity contribution in [3.05, 3.63) is 41.6 Å². The van der Waals surface area contributed by atoms with Crippen LogP contribution in [-0.2, 0) is 4.79 Å². The summed E-state index contributed by atoms with van der Waals surface area (Å²) in [5.74, 6) is -1.01. The van der Waals surface area contributed by atoms with Crippen molar-refractivity contribution in [3.8, 4) is 5.75 Å². The van der Waals surface area contributed by atoms with Crippen molar-refractivity contribution in [1.29, 1.82) is 0 Å². The van der Waals surface area contributed by atoms with Gasteiger partial charge in [-0.15, -0.1) is 13.2 Å². The zero-order valence-electron chi connectivity index (χ0n) is 11.7. The number of halogens is 3. The van der Waals surface area contributed by atoms with Crippen LogP contribution in [-0.4, -0.2) is 18.1 Å². The predicted molar refractivity (Wildman–Crippen MR) is 72.1 cm³/mol. The second kappa shape index (κ2) is 6.21. The molecule has 1 unspecified atom stereocenters. The van der Waals surface area contributed by atoms with Crippen molar-refractivity contribution in [2.45, 2.75) is 26.1 Å². The van der Waals surface area contributed by atoms with Crippen molar-refractivity contribution in [2.24, 2.45) is 5.92 Å². The Labute approximate surface area is 125 Å². The summed E-state index contributed by atoms with van der Waals surface area (Å²) in [6, 6.07) is 4.76. The fraction of sp³-hybridized carbons (Fsp3) is 0.333. The van der Waals surface area contributed by atoms with Gasteiger partial charge in [0.15, 0.2) is 5.78 Å². The molecule has 0 bridgehead atoms. The van der Waals surface area contributed by atoms with E-state index >= 15 is 0 Å². The predicted octanol–water partition coefficient (Wildman–Crippen LogP) is 3.20. The van der Waals surface area contributed by atoms with E-state index in [4.69, 9.17) is 0 Å². The van der Waals surface area contributed by atoms with E-state index in [1.54, 1.807) is 0 Å². The van der Waals surface area contributed by atoms with E-state index < -0.39 is 18.0 Å². The third-order valence-electron chi connectivity index (χ3n) is 3.06. The van der Waals surface area contributed by atoms with Gasteiger partial charge in [-0.25, -0.2) is 0 Å². The molecule has 0 aromatic heterocycles. The van der Waals surface area contributed by atoms with Crippen molar-refractivity contribution < 1.29 is 27.5 Å². The van der Waals surface area contributed by atoms with Gasteiger partial charge >= 0.3 is 6.36 Å². The van der Waals surface area contributed by atoms with E-state index in [0.717, 1.165) is 12.1 Å². The van der Waals surface area contributed by atoms with Crippen LogP contribution in [0.1, 0.15) is 30.1 Å². The van der Waals surface area contributed by atoms with Crippen LogP contribution in [0.15, 0.2) is 36.0 Å². The molecule has 0 spiro atoms. The Morgan fingerprint density at radius 1 is 1.32 bits per heavy atom. The Morgan fingerprint density at radius 2 is 2.05 bits per heavy atom. The summed E-state index contributed by atoms with van der Waals surface area (Å²) in [7, 11) is 0. The lowest BCUT2D eigenvalue weighted by atomic mass is 9.93. The Bertz CT molecular complexity index is 623. The number of ether oxygens (including phenoxy) is 1. The quantitative estimate of drug-likeness (QED) is 0.932. The monoisotopic (exact) mass is 313 g/mol. The van der Waals surface area contributed by atoms with Crippen molar-refractivity contribution in [2.75, 3.05) is 0 Å². The minimum absolute atomic E-state index is 0.0216. The summed E-state index contributed by atoms with van der Waals surface area (Å²) >= 11 is 0. The number of benzene rings is 1. The van der Waals surface area contributed by atoms with Crippen molar-refractivity contribution in [3.63, 3.8) is 0 Å². The summed E-state index contributed by atoms with van der Waals surface area (Å²) < 4.78 is 40.3. The summed E-state index contributed by atoms with van der Waals surface area (Å²) in [6.45, 7) is 1.88. The highest BCUT2D eigenvalue weighted by Gasteiger charge is 2.31. The maximum atomic E-state index is 12.2. The minimum atomic E-state index is -4.82. The van der Waals surface area contributed by atoms with Crippen LogP contribution in [0.25, 0.3) is 0 Å². The second-order valence-corrected chi connectivity index (χ2v) is 5.18. The molecule has 1 aliphatic carbocycles. The number of hydrogen-bond acceptors (Lipinski definition) is 3. The highest BCUT2D eigenvalue weighted by Crippen LogP contribution is 2.24. The average molecular weight is 313 g/mol. The number of carbonyl (C=O) groups is 2. The number of rotatable bonds is 3. The smallest absolute Gasteiger partial charge is 0.406 e. The van der Waals surface area contributed by atoms with Crippen LogP contribution in [0, 0.1) is 5.92 Å². The summed E-state index contributed by atoms with van der Waals surface area (Å²) in [5.41, 5.74) is 0.490. The Morgan fingerprint density at radius 3 is 2.68 bits per heavy atom. The number of hydrogen-bond donors (Lipinski definition) is 1. The van der Waals surface area contributed by atoms with Crippen LogP contribution < -0.4 is 10.1 Å². The highest BCUT2D eigenvalue weighted by molar-refractivity contribution is 5.97. The minimum Gasteiger partial charge on any atom is -0.406 e. The van der Waals surface area contributed by atoms with Gasteiger partial charge in [-0.3, -0.25) is 9.59 Å². The van der Waals surface area contributed by atoms with Gasteiger partial charge in [0.05, 0.1) is 0 Å². The molecule has 1 aromatic rings. The molecular weight excluding hydrogens is 299 g/mol. The second-order valence-electron chi connectivity index (χ2n) is 5.18. The molecule has 1 atom stereocenters. The van der Waals surface area contributed by atoms with Gasteiger partial charge in [0.1, 0.15) is 5.75 Å². The van der Waals surface area contributed by atoms with E-state index in [2.05, 4.69) is 10.1 Å². The van der Waals surface area contributed by atoms with Gasteiger partial charge in [0, 0.05) is 23.8 Å². The van der Waals surface area contributed by atoms with Gasteiger partial charge in [0.2, 0.25) is 0 Å². The Hall–Kier alpha value is -2.31. The SMILES string of the molecule is CC1CC(=O)C=C(NC(=O)c2cccc(OC(F)(F)F)c2)C1. The molecule has 4 nitrogen and oxygen atoms in total. The van der Waals surface area contributed by atoms with E-state index in [9.17, 15) is 22.8 Å². The van der Waals surface area contributed by atoms with Crippen LogP contribution in [0.5, 0.6) is 5.75 Å². The van der Waals surface area contributed by atoms with Crippen LogP contribution in [0.3, 0.4) is 0 Å². The molecule has 0 heterocycles. The van der Waals surface area contributed by atoms with Crippen molar-refractivity contribution in [1.82, 2.24) is 5.32 Å². The topological polar surface area (TPSA) is 55.4 Å². The molecule has 22 heavy (non-hydrogen) atoms. The lowest BCUT2D eigenvalue weighted by Crippen LogP contribution is -2.27. The first-order valence-electron chi connectivity index (χ1n) is 6.63. The standard InChI is InChI=1S/C15H14F3NO3/c1-9-5-11(8-12(20)6-9)19-14(21)10-3-2-4-13(7-10)22-15(16,17)18/h2-4,7-9H,5-6H2,1H3,(H,19,21). The average Bonchev–Trinajstić information content (AvgIpc) is 2.35. The maximum Gasteiger partial charge on any atom is 0.573 e. The molecule has 0 saturated carbocycles. The number of alkyl halides is 3. The van der Waals surface area contributed by atoms with E-state index in [1.165, 1.54) is 18.2 Å². The maximum absolute atomic E-state index is 12.2. The van der Waals surface area contributed by atoms with Gasteiger partial charge in [-0.05, 0) is 30.5 Å². The van der Waals surface area contributed by atoms with Crippen molar-refractivity contribution >= 4 is 11.7 Å². The first-order valence-corrected chi connectivity index (χ1v) is 6.63. The third-order valence-corrected chi connectivity index (χ3v) is 3.06. The molecule has 0 aliphatic heterocycles. The summed E-state index contributed by atoms with van der Waals surface area (Å²) in [5, 5.41) is 2.55. The molecule has 0 fully saturated rings. The molecule has 118 valence electrons. The van der Waals surface area contributed by atoms with Gasteiger partial charge < -0.3 is 10.1 Å². The lowest BCUT2D eigenvalue weighted by molar-refractivity contribution is -0.274. The summed E-state index contributed by atoms with van der Waals surface area (Å²) in [4.78, 5) is 23.5. The molecule has 0 radical (unpaired) electrons. The van der Waals surface area contributed by atoms with Crippen LogP contribution in [0.2, 0.25) is 0 Å². The van der Waals surface area contributed by atoms with Crippen LogP contribution >= 0.6 is 0 Å². The Balaban J connectivity index is 2.10. The molecular formula is C15H14F3NO3. The Kier molecular flexibility index (Phi) is 4.54. The first kappa shape index (κ1) is 16.1. The molecule has 1 aliphatic rings. The highest BCUT2D eigenvalue weighted by atomic mass is 19.4. The molecule has 0 saturated heterocycles. The van der Waals surface area contributed by atoms with Crippen LogP contribution in [0.4, 0.5) is 13.2 Å². The number of nitrogens with one attached hydrogen (secondary N) is 1. The number of allylic oxidation sites excluding steroid dienone is 2. The normalized spacial score (nSPS) is 18.6. The fourth-order valence-corrected chi connectivity index (χ4v) is 2.24. The van der Waals surface area contributed by atoms with E-state index in [1.807, 2.05) is 6.92 Å². The number of amides is 1. The zero-order chi connectivity index (χ0) is 16.3. The van der Waals surface area contributed by atoms with Gasteiger partial charge in [-0.1, -0.05) is 13.0 Å². The number of ketones is 1.